The van der Waals surface area contributed by atoms with Gasteiger partial charge in [0, 0.05) is 18.8 Å². The number of hydrogen-bond acceptors (Lipinski definition) is 3. The lowest BCUT2D eigenvalue weighted by Crippen LogP contribution is -2.29. The molecule has 1 aromatic rings. The van der Waals surface area contributed by atoms with Gasteiger partial charge in [-0.2, -0.15) is 0 Å². The third-order valence-corrected chi connectivity index (χ3v) is 3.06. The van der Waals surface area contributed by atoms with E-state index in [0.717, 1.165) is 32.6 Å². The molecule has 0 aliphatic heterocycles. The van der Waals surface area contributed by atoms with Crippen molar-refractivity contribution in [3.05, 3.63) is 29.8 Å². The van der Waals surface area contributed by atoms with E-state index in [-0.39, 0.29) is 0 Å². The Kier molecular flexibility index (Phi) is 6.76. The van der Waals surface area contributed by atoms with Crippen LogP contribution in [0.5, 0.6) is 0 Å². The van der Waals surface area contributed by atoms with Gasteiger partial charge in [-0.15, -0.1) is 0 Å². The van der Waals surface area contributed by atoms with E-state index in [1.807, 2.05) is 0 Å². The Morgan fingerprint density at radius 3 is 2.11 bits per heavy atom. The Labute approximate surface area is 112 Å². The first kappa shape index (κ1) is 15.0. The summed E-state index contributed by atoms with van der Waals surface area (Å²) in [5.74, 6) is 0. The fraction of sp³-hybridized carbons (Fsp3) is 0.600. The molecule has 0 aliphatic rings. The van der Waals surface area contributed by atoms with E-state index in [2.05, 4.69) is 55.1 Å². The van der Waals surface area contributed by atoms with Crippen molar-refractivity contribution in [2.75, 3.05) is 45.2 Å². The van der Waals surface area contributed by atoms with Crippen LogP contribution in [-0.4, -0.2) is 45.2 Å². The van der Waals surface area contributed by atoms with Crippen molar-refractivity contribution in [1.29, 1.82) is 0 Å². The Hall–Kier alpha value is -1.06. The van der Waals surface area contributed by atoms with E-state index >= 15 is 0 Å². The number of rotatable bonds is 8. The summed E-state index contributed by atoms with van der Waals surface area (Å²) >= 11 is 0. The molecular weight excluding hydrogens is 222 g/mol. The fourth-order valence-corrected chi connectivity index (χ4v) is 1.99. The van der Waals surface area contributed by atoms with Crippen LogP contribution < -0.4 is 10.6 Å². The third-order valence-electron chi connectivity index (χ3n) is 3.06. The van der Waals surface area contributed by atoms with Crippen molar-refractivity contribution in [1.82, 2.24) is 4.90 Å². The van der Waals surface area contributed by atoms with Crippen molar-refractivity contribution < 1.29 is 0 Å². The van der Waals surface area contributed by atoms with Crippen molar-refractivity contribution in [2.24, 2.45) is 5.73 Å². The van der Waals surface area contributed by atoms with Crippen LogP contribution in [0.1, 0.15) is 18.4 Å². The van der Waals surface area contributed by atoms with Gasteiger partial charge in [-0.3, -0.25) is 0 Å². The summed E-state index contributed by atoms with van der Waals surface area (Å²) in [6.45, 7) is 6.16. The summed E-state index contributed by atoms with van der Waals surface area (Å²) in [7, 11) is 4.24. The van der Waals surface area contributed by atoms with Crippen molar-refractivity contribution in [2.45, 2.75) is 19.8 Å². The standard InChI is InChI=1S/C15H27N3/c1-14-6-8-15(9-7-14)18(12-4-10-16)13-5-11-17(2)3/h6-9H,4-5,10-13,16H2,1-3H3. The number of benzene rings is 1. The highest BCUT2D eigenvalue weighted by molar-refractivity contribution is 5.47. The lowest BCUT2D eigenvalue weighted by atomic mass is 10.2. The maximum Gasteiger partial charge on any atom is 0.0366 e. The number of hydrogen-bond donors (Lipinski definition) is 1. The molecule has 0 aliphatic carbocycles. The molecule has 102 valence electrons. The Morgan fingerprint density at radius 1 is 0.944 bits per heavy atom. The Balaban J connectivity index is 2.56. The highest BCUT2D eigenvalue weighted by Crippen LogP contribution is 2.15. The second-order valence-electron chi connectivity index (χ2n) is 5.12. The van der Waals surface area contributed by atoms with Gasteiger partial charge >= 0.3 is 0 Å². The van der Waals surface area contributed by atoms with Crippen molar-refractivity contribution >= 4 is 5.69 Å². The molecule has 2 N–H and O–H groups in total. The molecule has 3 nitrogen and oxygen atoms in total. The second kappa shape index (κ2) is 8.11. The summed E-state index contributed by atoms with van der Waals surface area (Å²) in [6, 6.07) is 8.77. The zero-order chi connectivity index (χ0) is 13.4. The minimum Gasteiger partial charge on any atom is -0.371 e. The predicted molar refractivity (Wildman–Crippen MR) is 80.2 cm³/mol. The van der Waals surface area contributed by atoms with Gasteiger partial charge in [0.15, 0.2) is 0 Å². The highest BCUT2D eigenvalue weighted by Gasteiger charge is 2.05. The lowest BCUT2D eigenvalue weighted by Gasteiger charge is -2.25. The summed E-state index contributed by atoms with van der Waals surface area (Å²) in [5.41, 5.74) is 8.24. The minimum atomic E-state index is 0.760. The maximum atomic E-state index is 5.62. The average Bonchev–Trinajstić information content (AvgIpc) is 2.34. The number of nitrogens with two attached hydrogens (primary N) is 1. The smallest absolute Gasteiger partial charge is 0.0366 e. The van der Waals surface area contributed by atoms with Crippen LogP contribution in [0.2, 0.25) is 0 Å². The number of nitrogens with zero attached hydrogens (tertiary/aromatic N) is 2. The summed E-state index contributed by atoms with van der Waals surface area (Å²) in [5, 5.41) is 0. The molecule has 0 saturated carbocycles. The maximum absolute atomic E-state index is 5.62. The largest absolute Gasteiger partial charge is 0.371 e. The molecule has 0 saturated heterocycles. The molecule has 0 fully saturated rings. The molecule has 0 bridgehead atoms. The average molecular weight is 249 g/mol. The predicted octanol–water partition coefficient (Wildman–Crippen LogP) is 2.10. The van der Waals surface area contributed by atoms with Crippen LogP contribution in [-0.2, 0) is 0 Å². The quantitative estimate of drug-likeness (QED) is 0.766. The highest BCUT2D eigenvalue weighted by atomic mass is 15.1. The van der Waals surface area contributed by atoms with Crippen molar-refractivity contribution in [3.63, 3.8) is 0 Å². The van der Waals surface area contributed by atoms with E-state index in [1.54, 1.807) is 0 Å². The molecule has 1 aromatic carbocycles. The van der Waals surface area contributed by atoms with Crippen molar-refractivity contribution in [3.8, 4) is 0 Å². The molecule has 0 aromatic heterocycles. The molecule has 0 amide bonds. The first-order valence-electron chi connectivity index (χ1n) is 6.80. The fourth-order valence-electron chi connectivity index (χ4n) is 1.99. The molecule has 0 unspecified atom stereocenters. The van der Waals surface area contributed by atoms with E-state index < -0.39 is 0 Å². The van der Waals surface area contributed by atoms with Gasteiger partial charge in [0.1, 0.15) is 0 Å². The minimum absolute atomic E-state index is 0.760. The van der Waals surface area contributed by atoms with E-state index in [1.165, 1.54) is 17.7 Å². The van der Waals surface area contributed by atoms with Gasteiger partial charge in [0.25, 0.3) is 0 Å². The van der Waals surface area contributed by atoms with Gasteiger partial charge in [0.05, 0.1) is 0 Å². The van der Waals surface area contributed by atoms with E-state index in [9.17, 15) is 0 Å². The van der Waals surface area contributed by atoms with Gasteiger partial charge < -0.3 is 15.5 Å². The molecule has 3 heteroatoms. The number of anilines is 1. The molecular formula is C15H27N3. The van der Waals surface area contributed by atoms with Crippen LogP contribution >= 0.6 is 0 Å². The molecule has 0 heterocycles. The second-order valence-corrected chi connectivity index (χ2v) is 5.12. The lowest BCUT2D eigenvalue weighted by molar-refractivity contribution is 0.400. The molecule has 0 atom stereocenters. The first-order valence-corrected chi connectivity index (χ1v) is 6.80. The van der Waals surface area contributed by atoms with Crippen LogP contribution in [0.4, 0.5) is 5.69 Å². The van der Waals surface area contributed by atoms with Crippen LogP contribution in [0.3, 0.4) is 0 Å². The monoisotopic (exact) mass is 249 g/mol. The van der Waals surface area contributed by atoms with Gasteiger partial charge in [-0.05, 0) is 59.1 Å². The first-order chi connectivity index (χ1) is 8.63. The summed E-state index contributed by atoms with van der Waals surface area (Å²) in [6.07, 6.45) is 2.24. The normalized spacial score (nSPS) is 10.9. The van der Waals surface area contributed by atoms with E-state index in [4.69, 9.17) is 5.73 Å². The number of aryl methyl sites for hydroxylation is 1. The zero-order valence-electron chi connectivity index (χ0n) is 12.0. The SMILES string of the molecule is Cc1ccc(N(CCCN)CCCN(C)C)cc1. The van der Waals surface area contributed by atoms with Gasteiger partial charge in [-0.25, -0.2) is 0 Å². The Bertz CT molecular complexity index is 319. The van der Waals surface area contributed by atoms with Crippen LogP contribution in [0, 0.1) is 6.92 Å². The van der Waals surface area contributed by atoms with Crippen LogP contribution in [0.15, 0.2) is 24.3 Å². The zero-order valence-corrected chi connectivity index (χ0v) is 12.0. The topological polar surface area (TPSA) is 32.5 Å². The summed E-state index contributed by atoms with van der Waals surface area (Å²) in [4.78, 5) is 4.67. The van der Waals surface area contributed by atoms with Crippen LogP contribution in [0.25, 0.3) is 0 Å². The molecule has 18 heavy (non-hydrogen) atoms. The van der Waals surface area contributed by atoms with E-state index in [0.29, 0.717) is 0 Å². The molecule has 1 rings (SSSR count). The molecule has 0 radical (unpaired) electrons. The molecule has 0 spiro atoms. The third kappa shape index (κ3) is 5.52. The van der Waals surface area contributed by atoms with Gasteiger partial charge in [0.2, 0.25) is 0 Å². The summed E-state index contributed by atoms with van der Waals surface area (Å²) < 4.78 is 0. The Morgan fingerprint density at radius 2 is 1.56 bits per heavy atom. The van der Waals surface area contributed by atoms with Gasteiger partial charge in [-0.1, -0.05) is 17.7 Å².